The van der Waals surface area contributed by atoms with Crippen molar-refractivity contribution in [3.05, 3.63) is 65.2 Å². The molecule has 0 N–H and O–H groups in total. The number of hydrogen-bond acceptors (Lipinski definition) is 5. The van der Waals surface area contributed by atoms with Crippen molar-refractivity contribution in [2.24, 2.45) is 0 Å². The normalized spacial score (nSPS) is 11.5. The Morgan fingerprint density at radius 1 is 1.14 bits per heavy atom. The van der Waals surface area contributed by atoms with E-state index in [1.54, 1.807) is 18.5 Å². The zero-order valence-electron chi connectivity index (χ0n) is 16.1. The van der Waals surface area contributed by atoms with Crippen LogP contribution in [0, 0.1) is 0 Å². The Balaban J connectivity index is 1.60. The largest absolute Gasteiger partial charge is 0.492 e. The molecule has 28 heavy (non-hydrogen) atoms. The minimum Gasteiger partial charge on any atom is -0.492 e. The van der Waals surface area contributed by atoms with Crippen LogP contribution in [0.2, 0.25) is 0 Å². The lowest BCUT2D eigenvalue weighted by Crippen LogP contribution is -2.27. The van der Waals surface area contributed by atoms with Gasteiger partial charge in [-0.2, -0.15) is 0 Å². The van der Waals surface area contributed by atoms with Gasteiger partial charge in [-0.15, -0.1) is 0 Å². The molecule has 144 valence electrons. The van der Waals surface area contributed by atoms with Crippen LogP contribution in [-0.4, -0.2) is 40.5 Å². The van der Waals surface area contributed by atoms with Crippen LogP contribution in [0.15, 0.2) is 64.2 Å². The molecule has 0 fully saturated rings. The van der Waals surface area contributed by atoms with E-state index < -0.39 is 0 Å². The first-order valence-corrected chi connectivity index (χ1v) is 9.54. The topological polar surface area (TPSA) is 60.0 Å². The van der Waals surface area contributed by atoms with Crippen LogP contribution in [0.4, 0.5) is 0 Å². The average Bonchev–Trinajstić information content (AvgIpc) is 3.19. The molecule has 0 amide bonds. The third-order valence-corrected chi connectivity index (χ3v) is 4.94. The van der Waals surface area contributed by atoms with Gasteiger partial charge in [0.15, 0.2) is 11.2 Å². The van der Waals surface area contributed by atoms with Crippen LogP contribution in [0.3, 0.4) is 0 Å². The molecule has 6 heteroatoms. The summed E-state index contributed by atoms with van der Waals surface area (Å²) in [4.78, 5) is 19.3. The molecule has 0 saturated heterocycles. The molecule has 0 aliphatic rings. The Kier molecular flexibility index (Phi) is 5.12. The van der Waals surface area contributed by atoms with Gasteiger partial charge in [0.2, 0.25) is 0 Å². The van der Waals surface area contributed by atoms with Crippen molar-refractivity contribution in [3.8, 4) is 17.2 Å². The summed E-state index contributed by atoms with van der Waals surface area (Å²) in [5.74, 6) is 1.13. The minimum absolute atomic E-state index is 0.109. The summed E-state index contributed by atoms with van der Waals surface area (Å²) in [5, 5.41) is 0.507. The molecule has 0 atom stereocenters. The maximum Gasteiger partial charge on any atom is 0.193 e. The highest BCUT2D eigenvalue weighted by atomic mass is 16.5. The van der Waals surface area contributed by atoms with Gasteiger partial charge in [-0.1, -0.05) is 13.8 Å². The zero-order valence-corrected chi connectivity index (χ0v) is 16.1. The van der Waals surface area contributed by atoms with Crippen molar-refractivity contribution in [3.63, 3.8) is 0 Å². The summed E-state index contributed by atoms with van der Waals surface area (Å²) in [5.41, 5.74) is 2.03. The highest BCUT2D eigenvalue weighted by Gasteiger charge is 2.10. The van der Waals surface area contributed by atoms with E-state index in [1.165, 1.54) is 6.07 Å². The minimum atomic E-state index is -0.109. The molecular weight excluding hydrogens is 354 g/mol. The van der Waals surface area contributed by atoms with Crippen LogP contribution >= 0.6 is 0 Å². The third kappa shape index (κ3) is 3.64. The predicted molar refractivity (Wildman–Crippen MR) is 110 cm³/mol. The van der Waals surface area contributed by atoms with Gasteiger partial charge < -0.3 is 18.5 Å². The molecule has 0 saturated carbocycles. The third-order valence-electron chi connectivity index (χ3n) is 4.94. The molecule has 0 aliphatic carbocycles. The summed E-state index contributed by atoms with van der Waals surface area (Å²) >= 11 is 0. The monoisotopic (exact) mass is 377 g/mol. The van der Waals surface area contributed by atoms with Gasteiger partial charge in [-0.25, -0.2) is 4.98 Å². The molecule has 0 unspecified atom stereocenters. The number of nitrogens with zero attached hydrogens (tertiary/aromatic N) is 3. The molecule has 4 aromatic rings. The summed E-state index contributed by atoms with van der Waals surface area (Å²) in [6.45, 7) is 7.68. The fourth-order valence-corrected chi connectivity index (χ4v) is 3.25. The van der Waals surface area contributed by atoms with E-state index in [0.29, 0.717) is 34.8 Å². The summed E-state index contributed by atoms with van der Waals surface area (Å²) < 4.78 is 13.7. The molecule has 0 bridgehead atoms. The first kappa shape index (κ1) is 18.3. The van der Waals surface area contributed by atoms with Crippen LogP contribution in [0.25, 0.3) is 27.9 Å². The van der Waals surface area contributed by atoms with Gasteiger partial charge in [0.05, 0.1) is 11.7 Å². The Bertz CT molecular complexity index is 1160. The van der Waals surface area contributed by atoms with Gasteiger partial charge in [0, 0.05) is 24.3 Å². The second-order valence-corrected chi connectivity index (χ2v) is 6.62. The molecular formula is C22H23N3O3. The van der Waals surface area contributed by atoms with Gasteiger partial charge in [-0.3, -0.25) is 4.79 Å². The fraction of sp³-hybridized carbons (Fsp3) is 0.273. The van der Waals surface area contributed by atoms with E-state index in [-0.39, 0.29) is 5.43 Å². The fourth-order valence-electron chi connectivity index (χ4n) is 3.25. The number of rotatable bonds is 7. The molecule has 6 nitrogen and oxygen atoms in total. The second kappa shape index (κ2) is 7.86. The van der Waals surface area contributed by atoms with Gasteiger partial charge in [0.1, 0.15) is 23.6 Å². The molecule has 3 aromatic heterocycles. The molecule has 4 rings (SSSR count). The number of ether oxygens (including phenoxy) is 1. The number of likely N-dealkylation sites (N-methyl/N-ethyl adjacent to an activating group) is 1. The van der Waals surface area contributed by atoms with Gasteiger partial charge >= 0.3 is 0 Å². The molecule has 0 aliphatic heterocycles. The van der Waals surface area contributed by atoms with Crippen molar-refractivity contribution in [2.75, 3.05) is 26.2 Å². The van der Waals surface area contributed by atoms with E-state index in [9.17, 15) is 4.79 Å². The van der Waals surface area contributed by atoms with Crippen molar-refractivity contribution >= 4 is 16.5 Å². The summed E-state index contributed by atoms with van der Waals surface area (Å²) in [6, 6.07) is 12.7. The molecule has 0 spiro atoms. The standard InChI is InChI=1S/C22H23N3O3/c1-3-24(4-2)10-11-27-17-7-8-21-18(13-17)20(26)14-22(28-21)19-12-16-6-5-9-25(16)15-23-19/h5-9,12-15H,3-4,10-11H2,1-2H3. The Hall–Kier alpha value is -3.12. The van der Waals surface area contributed by atoms with Crippen LogP contribution in [0.5, 0.6) is 5.75 Å². The molecule has 1 aromatic carbocycles. The van der Waals surface area contributed by atoms with Crippen LogP contribution in [0.1, 0.15) is 13.8 Å². The smallest absolute Gasteiger partial charge is 0.193 e. The van der Waals surface area contributed by atoms with E-state index in [4.69, 9.17) is 9.15 Å². The predicted octanol–water partition coefficient (Wildman–Crippen LogP) is 3.83. The quantitative estimate of drug-likeness (QED) is 0.490. The number of aromatic nitrogens is 2. The maximum absolute atomic E-state index is 12.7. The van der Waals surface area contributed by atoms with E-state index in [1.807, 2.05) is 34.9 Å². The van der Waals surface area contributed by atoms with E-state index >= 15 is 0 Å². The van der Waals surface area contributed by atoms with Gasteiger partial charge in [-0.05, 0) is 49.5 Å². The zero-order chi connectivity index (χ0) is 19.5. The van der Waals surface area contributed by atoms with Crippen LogP contribution < -0.4 is 10.2 Å². The van der Waals surface area contributed by atoms with E-state index in [0.717, 1.165) is 25.2 Å². The molecule has 3 heterocycles. The Labute approximate surface area is 163 Å². The summed E-state index contributed by atoms with van der Waals surface area (Å²) in [6.07, 6.45) is 3.63. The lowest BCUT2D eigenvalue weighted by molar-refractivity contribution is 0.223. The number of fused-ring (bicyclic) bond motifs is 2. The SMILES string of the molecule is CCN(CC)CCOc1ccc2oc(-c3cc4cccn4cn3)cc(=O)c2c1. The highest BCUT2D eigenvalue weighted by Crippen LogP contribution is 2.24. The van der Waals surface area contributed by atoms with E-state index in [2.05, 4.69) is 23.7 Å². The lowest BCUT2D eigenvalue weighted by atomic mass is 10.2. The second-order valence-electron chi connectivity index (χ2n) is 6.62. The summed E-state index contributed by atoms with van der Waals surface area (Å²) in [7, 11) is 0. The van der Waals surface area contributed by atoms with Crippen LogP contribution in [-0.2, 0) is 0 Å². The lowest BCUT2D eigenvalue weighted by Gasteiger charge is -2.18. The first-order chi connectivity index (χ1) is 13.7. The number of hydrogen-bond donors (Lipinski definition) is 0. The Morgan fingerprint density at radius 2 is 2.00 bits per heavy atom. The Morgan fingerprint density at radius 3 is 2.82 bits per heavy atom. The van der Waals surface area contributed by atoms with Crippen molar-refractivity contribution in [1.82, 2.24) is 14.3 Å². The number of benzene rings is 1. The molecule has 0 radical (unpaired) electrons. The highest BCUT2D eigenvalue weighted by molar-refractivity contribution is 5.80. The van der Waals surface area contributed by atoms with Crippen molar-refractivity contribution < 1.29 is 9.15 Å². The van der Waals surface area contributed by atoms with Crippen molar-refractivity contribution in [1.29, 1.82) is 0 Å². The average molecular weight is 377 g/mol. The van der Waals surface area contributed by atoms with Gasteiger partial charge in [0.25, 0.3) is 0 Å². The maximum atomic E-state index is 12.7. The first-order valence-electron chi connectivity index (χ1n) is 9.54. The van der Waals surface area contributed by atoms with Crippen molar-refractivity contribution in [2.45, 2.75) is 13.8 Å².